The number of aromatic nitrogens is 1. The van der Waals surface area contributed by atoms with Gasteiger partial charge in [0, 0.05) is 24.1 Å². The second-order valence-electron chi connectivity index (χ2n) is 4.74. The minimum Gasteiger partial charge on any atom is -0.490 e. The number of thioether (sulfide) groups is 1. The Morgan fingerprint density at radius 2 is 1.88 bits per heavy atom. The molecule has 0 saturated carbocycles. The zero-order valence-corrected chi connectivity index (χ0v) is 16.9. The Morgan fingerprint density at radius 3 is 2.52 bits per heavy atom. The largest absolute Gasteiger partial charge is 0.490 e. The number of hydrogen-bond donors (Lipinski definition) is 0. The standard InChI is InChI=1S/C17H15Cl4NO2S/c18-13-10-12(23-8-5-15(20)21)11-14(19)17(13)24-7-3-9-25-16-4-1-2-6-22-16/h1-2,4-6,10-11H,3,7-9H2. The van der Waals surface area contributed by atoms with Crippen LogP contribution in [0.15, 0.2) is 52.1 Å². The van der Waals surface area contributed by atoms with Crippen molar-refractivity contribution in [1.82, 2.24) is 4.98 Å². The number of ether oxygens (including phenoxy) is 2. The number of pyridine rings is 1. The van der Waals surface area contributed by atoms with Gasteiger partial charge >= 0.3 is 0 Å². The second kappa shape index (κ2) is 11.0. The van der Waals surface area contributed by atoms with E-state index in [9.17, 15) is 0 Å². The van der Waals surface area contributed by atoms with Crippen LogP contribution in [0, 0.1) is 0 Å². The average molecular weight is 439 g/mol. The predicted molar refractivity (Wildman–Crippen MR) is 107 cm³/mol. The van der Waals surface area contributed by atoms with Crippen molar-refractivity contribution in [3.05, 3.63) is 57.1 Å². The molecule has 25 heavy (non-hydrogen) atoms. The van der Waals surface area contributed by atoms with Gasteiger partial charge in [0.25, 0.3) is 0 Å². The van der Waals surface area contributed by atoms with Crippen LogP contribution in [0.4, 0.5) is 0 Å². The highest BCUT2D eigenvalue weighted by Crippen LogP contribution is 2.37. The highest BCUT2D eigenvalue weighted by atomic mass is 35.5. The fraction of sp³-hybridized carbons (Fsp3) is 0.235. The summed E-state index contributed by atoms with van der Waals surface area (Å²) in [5.41, 5.74) is 0. The SMILES string of the molecule is ClC(Cl)=CCOc1cc(Cl)c(OCCCSc2ccccn2)c(Cl)c1. The molecule has 2 rings (SSSR count). The first-order valence-corrected chi connectivity index (χ1v) is 9.85. The molecule has 0 aliphatic carbocycles. The summed E-state index contributed by atoms with van der Waals surface area (Å²) in [6, 6.07) is 9.12. The molecule has 2 aromatic rings. The van der Waals surface area contributed by atoms with E-state index in [0.717, 1.165) is 17.2 Å². The molecule has 0 atom stereocenters. The summed E-state index contributed by atoms with van der Waals surface area (Å²) in [6.45, 7) is 0.726. The monoisotopic (exact) mass is 437 g/mol. The van der Waals surface area contributed by atoms with Crippen LogP contribution in [0.25, 0.3) is 0 Å². The van der Waals surface area contributed by atoms with Crippen LogP contribution in [0.5, 0.6) is 11.5 Å². The fourth-order valence-electron chi connectivity index (χ4n) is 1.80. The lowest BCUT2D eigenvalue weighted by atomic mass is 10.3. The summed E-state index contributed by atoms with van der Waals surface area (Å²) in [4.78, 5) is 4.25. The lowest BCUT2D eigenvalue weighted by Gasteiger charge is -2.12. The predicted octanol–water partition coefficient (Wildman–Crippen LogP) is 6.65. The van der Waals surface area contributed by atoms with Gasteiger partial charge in [0.1, 0.15) is 16.8 Å². The number of halogens is 4. The number of rotatable bonds is 9. The fourth-order valence-corrected chi connectivity index (χ4v) is 3.28. The molecule has 1 aromatic carbocycles. The van der Waals surface area contributed by atoms with E-state index >= 15 is 0 Å². The van der Waals surface area contributed by atoms with Gasteiger partial charge < -0.3 is 9.47 Å². The highest BCUT2D eigenvalue weighted by Gasteiger charge is 2.10. The van der Waals surface area contributed by atoms with Gasteiger partial charge in [-0.1, -0.05) is 52.5 Å². The van der Waals surface area contributed by atoms with Crippen molar-refractivity contribution in [3.8, 4) is 11.5 Å². The van der Waals surface area contributed by atoms with Crippen LogP contribution >= 0.6 is 58.2 Å². The van der Waals surface area contributed by atoms with Crippen molar-refractivity contribution in [3.63, 3.8) is 0 Å². The van der Waals surface area contributed by atoms with Gasteiger partial charge in [-0.2, -0.15) is 0 Å². The number of benzene rings is 1. The van der Waals surface area contributed by atoms with Crippen molar-refractivity contribution < 1.29 is 9.47 Å². The number of nitrogens with zero attached hydrogens (tertiary/aromatic N) is 1. The summed E-state index contributed by atoms with van der Waals surface area (Å²) in [7, 11) is 0. The Morgan fingerprint density at radius 1 is 1.12 bits per heavy atom. The van der Waals surface area contributed by atoms with Crippen LogP contribution in [-0.2, 0) is 0 Å². The Labute approximate surface area is 171 Å². The molecule has 0 unspecified atom stereocenters. The maximum absolute atomic E-state index is 6.21. The Balaban J connectivity index is 1.80. The van der Waals surface area contributed by atoms with Crippen LogP contribution in [-0.4, -0.2) is 24.0 Å². The first kappa shape index (κ1) is 20.5. The maximum atomic E-state index is 6.21. The first-order valence-electron chi connectivity index (χ1n) is 7.36. The van der Waals surface area contributed by atoms with Crippen molar-refractivity contribution in [2.45, 2.75) is 11.4 Å². The Hall–Kier alpha value is -0.780. The van der Waals surface area contributed by atoms with Crippen molar-refractivity contribution in [2.75, 3.05) is 19.0 Å². The highest BCUT2D eigenvalue weighted by molar-refractivity contribution is 7.99. The van der Waals surface area contributed by atoms with Gasteiger partial charge in [-0.05, 0) is 24.6 Å². The lowest BCUT2D eigenvalue weighted by molar-refractivity contribution is 0.317. The molecule has 0 radical (unpaired) electrons. The van der Waals surface area contributed by atoms with Crippen LogP contribution in [0.3, 0.4) is 0 Å². The molecular formula is C17H15Cl4NO2S. The summed E-state index contributed by atoms with van der Waals surface area (Å²) in [6.07, 6.45) is 4.14. The topological polar surface area (TPSA) is 31.4 Å². The van der Waals surface area contributed by atoms with E-state index in [0.29, 0.717) is 28.2 Å². The van der Waals surface area contributed by atoms with E-state index in [1.54, 1.807) is 30.1 Å². The molecule has 0 spiro atoms. The van der Waals surface area contributed by atoms with Crippen LogP contribution in [0.1, 0.15) is 6.42 Å². The molecule has 134 valence electrons. The molecule has 0 aliphatic heterocycles. The average Bonchev–Trinajstić information content (AvgIpc) is 2.57. The van der Waals surface area contributed by atoms with Crippen LogP contribution < -0.4 is 9.47 Å². The van der Waals surface area contributed by atoms with Crippen molar-refractivity contribution in [2.24, 2.45) is 0 Å². The maximum Gasteiger partial charge on any atom is 0.156 e. The first-order chi connectivity index (χ1) is 12.1. The third-order valence-corrected chi connectivity index (χ3v) is 4.78. The number of hydrogen-bond acceptors (Lipinski definition) is 4. The van der Waals surface area contributed by atoms with Crippen molar-refractivity contribution in [1.29, 1.82) is 0 Å². The normalized spacial score (nSPS) is 10.4. The van der Waals surface area contributed by atoms with E-state index in [1.807, 2.05) is 18.2 Å². The molecule has 0 fully saturated rings. The zero-order chi connectivity index (χ0) is 18.1. The lowest BCUT2D eigenvalue weighted by Crippen LogP contribution is -2.01. The molecule has 0 amide bonds. The molecule has 0 saturated heterocycles. The van der Waals surface area contributed by atoms with Gasteiger partial charge in [-0.3, -0.25) is 0 Å². The van der Waals surface area contributed by atoms with E-state index in [-0.39, 0.29) is 11.1 Å². The minimum atomic E-state index is 0.140. The van der Waals surface area contributed by atoms with E-state index < -0.39 is 0 Å². The van der Waals surface area contributed by atoms with Crippen molar-refractivity contribution >= 4 is 58.2 Å². The zero-order valence-electron chi connectivity index (χ0n) is 13.1. The molecule has 0 bridgehead atoms. The Kier molecular flexibility index (Phi) is 9.07. The van der Waals surface area contributed by atoms with Gasteiger partial charge in [-0.15, -0.1) is 11.8 Å². The quantitative estimate of drug-likeness (QED) is 0.324. The molecular weight excluding hydrogens is 424 g/mol. The third kappa shape index (κ3) is 7.55. The summed E-state index contributed by atoms with van der Waals surface area (Å²) >= 11 is 25.1. The molecule has 8 heteroatoms. The minimum absolute atomic E-state index is 0.140. The smallest absolute Gasteiger partial charge is 0.156 e. The van der Waals surface area contributed by atoms with Gasteiger partial charge in [0.05, 0.1) is 21.7 Å². The molecule has 1 heterocycles. The van der Waals surface area contributed by atoms with Gasteiger partial charge in [-0.25, -0.2) is 4.98 Å². The summed E-state index contributed by atoms with van der Waals surface area (Å²) < 4.78 is 11.3. The van der Waals surface area contributed by atoms with E-state index in [4.69, 9.17) is 55.9 Å². The molecule has 0 N–H and O–H groups in total. The van der Waals surface area contributed by atoms with Gasteiger partial charge in [0.15, 0.2) is 5.75 Å². The molecule has 3 nitrogen and oxygen atoms in total. The summed E-state index contributed by atoms with van der Waals surface area (Å²) in [5, 5.41) is 1.77. The van der Waals surface area contributed by atoms with Crippen LogP contribution in [0.2, 0.25) is 10.0 Å². The third-order valence-electron chi connectivity index (χ3n) is 2.88. The summed E-state index contributed by atoms with van der Waals surface area (Å²) in [5.74, 6) is 1.85. The van der Waals surface area contributed by atoms with Gasteiger partial charge in [0.2, 0.25) is 0 Å². The molecule has 0 aliphatic rings. The Bertz CT molecular complexity index is 686. The van der Waals surface area contributed by atoms with E-state index in [1.165, 1.54) is 6.08 Å². The van der Waals surface area contributed by atoms with E-state index in [2.05, 4.69) is 4.98 Å². The molecule has 1 aromatic heterocycles. The second-order valence-corrected chi connectivity index (χ2v) is 7.68.